The zero-order valence-electron chi connectivity index (χ0n) is 7.73. The summed E-state index contributed by atoms with van der Waals surface area (Å²) in [5, 5.41) is 3.15. The van der Waals surface area contributed by atoms with Crippen molar-refractivity contribution < 1.29 is 0 Å². The van der Waals surface area contributed by atoms with Gasteiger partial charge in [-0.05, 0) is 19.4 Å². The van der Waals surface area contributed by atoms with Gasteiger partial charge in [-0.2, -0.15) is 0 Å². The highest BCUT2D eigenvalue weighted by atomic mass is 14.8. The Morgan fingerprint density at radius 3 is 2.10 bits per heavy atom. The molecule has 0 aliphatic heterocycles. The number of likely N-dealkylation sites (N-methyl/N-ethyl adjacent to an activating group) is 1. The Kier molecular flexibility index (Phi) is 3.66. The minimum absolute atomic E-state index is 0.311. The summed E-state index contributed by atoms with van der Waals surface area (Å²) in [4.78, 5) is 0. The fourth-order valence-electron chi connectivity index (χ4n) is 0.529. The van der Waals surface area contributed by atoms with Crippen LogP contribution >= 0.6 is 0 Å². The first-order valence-electron chi connectivity index (χ1n) is 3.82. The molecular weight excluding hydrogens is 122 g/mol. The zero-order valence-corrected chi connectivity index (χ0v) is 7.73. The van der Waals surface area contributed by atoms with Crippen LogP contribution in [0.3, 0.4) is 0 Å². The van der Waals surface area contributed by atoms with E-state index >= 15 is 0 Å². The van der Waals surface area contributed by atoms with Crippen LogP contribution in [0.4, 0.5) is 0 Å². The van der Waals surface area contributed by atoms with Gasteiger partial charge >= 0.3 is 0 Å². The molecule has 60 valence electrons. The van der Waals surface area contributed by atoms with Crippen molar-refractivity contribution in [2.24, 2.45) is 5.41 Å². The Hall–Kier alpha value is -0.300. The van der Waals surface area contributed by atoms with Crippen molar-refractivity contribution in [2.45, 2.75) is 33.7 Å². The maximum atomic E-state index is 3.15. The number of nitrogens with one attached hydrogen (secondary N) is 1. The summed E-state index contributed by atoms with van der Waals surface area (Å²) in [5.41, 5.74) is 0.311. The molecule has 0 radical (unpaired) electrons. The largest absolute Gasteiger partial charge is 0.314 e. The predicted octanol–water partition coefficient (Wildman–Crippen LogP) is 2.20. The van der Waals surface area contributed by atoms with Crippen LogP contribution in [0.1, 0.15) is 27.7 Å². The first-order chi connectivity index (χ1) is 4.45. The molecule has 1 heteroatoms. The molecule has 0 aromatic heterocycles. The molecule has 0 aliphatic rings. The van der Waals surface area contributed by atoms with E-state index < -0.39 is 0 Å². The Morgan fingerprint density at radius 1 is 1.30 bits per heavy atom. The Morgan fingerprint density at radius 2 is 1.80 bits per heavy atom. The fraction of sp³-hybridized carbons (Fsp3) is 0.778. The van der Waals surface area contributed by atoms with Crippen molar-refractivity contribution in [3.8, 4) is 0 Å². The molecule has 0 spiro atoms. The van der Waals surface area contributed by atoms with E-state index in [1.165, 1.54) is 0 Å². The normalized spacial score (nSPS) is 16.1. The molecule has 1 atom stereocenters. The molecule has 10 heavy (non-hydrogen) atoms. The summed E-state index contributed by atoms with van der Waals surface area (Å²) in [6.07, 6.45) is 4.42. The van der Waals surface area contributed by atoms with E-state index in [0.717, 1.165) is 0 Å². The van der Waals surface area contributed by atoms with E-state index in [0.29, 0.717) is 11.5 Å². The smallest absolute Gasteiger partial charge is 0.0218 e. The van der Waals surface area contributed by atoms with Gasteiger partial charge in [0, 0.05) is 6.04 Å². The summed E-state index contributed by atoms with van der Waals surface area (Å²) < 4.78 is 0. The summed E-state index contributed by atoms with van der Waals surface area (Å²) in [6.45, 7) is 8.74. The van der Waals surface area contributed by atoms with Gasteiger partial charge in [-0.3, -0.25) is 0 Å². The molecule has 1 unspecified atom stereocenters. The van der Waals surface area contributed by atoms with E-state index in [-0.39, 0.29) is 0 Å². The van der Waals surface area contributed by atoms with Gasteiger partial charge in [-0.15, -0.1) is 0 Å². The summed E-state index contributed by atoms with van der Waals surface area (Å²) in [5.74, 6) is 0. The summed E-state index contributed by atoms with van der Waals surface area (Å²) >= 11 is 0. The number of hydrogen-bond donors (Lipinski definition) is 1. The van der Waals surface area contributed by atoms with Crippen LogP contribution < -0.4 is 5.32 Å². The third-order valence-electron chi connectivity index (χ3n) is 1.34. The number of allylic oxidation sites excluding steroid dienone is 1. The lowest BCUT2D eigenvalue weighted by Crippen LogP contribution is -2.18. The van der Waals surface area contributed by atoms with Gasteiger partial charge in [0.25, 0.3) is 0 Å². The molecule has 1 nitrogen and oxygen atoms in total. The Balaban J connectivity index is 3.75. The van der Waals surface area contributed by atoms with Gasteiger partial charge in [0.15, 0.2) is 0 Å². The second-order valence-electron chi connectivity index (χ2n) is 3.80. The molecule has 0 bridgehead atoms. The van der Waals surface area contributed by atoms with Crippen LogP contribution in [0.25, 0.3) is 0 Å². The van der Waals surface area contributed by atoms with Crippen LogP contribution in [-0.4, -0.2) is 13.1 Å². The predicted molar refractivity (Wildman–Crippen MR) is 47.1 cm³/mol. The lowest BCUT2D eigenvalue weighted by Gasteiger charge is -2.12. The van der Waals surface area contributed by atoms with Crippen molar-refractivity contribution in [3.05, 3.63) is 12.2 Å². The molecule has 0 rings (SSSR count). The third kappa shape index (κ3) is 5.83. The van der Waals surface area contributed by atoms with Crippen LogP contribution in [0.5, 0.6) is 0 Å². The van der Waals surface area contributed by atoms with Crippen molar-refractivity contribution in [1.29, 1.82) is 0 Å². The minimum Gasteiger partial charge on any atom is -0.314 e. The SMILES string of the molecule is CNC(C)/C=C/C(C)(C)C. The molecule has 0 aromatic carbocycles. The van der Waals surface area contributed by atoms with Gasteiger partial charge in [-0.25, -0.2) is 0 Å². The number of hydrogen-bond acceptors (Lipinski definition) is 1. The van der Waals surface area contributed by atoms with Crippen molar-refractivity contribution in [1.82, 2.24) is 5.32 Å². The maximum Gasteiger partial charge on any atom is 0.0218 e. The van der Waals surface area contributed by atoms with E-state index in [1.807, 2.05) is 7.05 Å². The lowest BCUT2D eigenvalue weighted by atomic mass is 9.95. The molecule has 0 heterocycles. The molecule has 0 aromatic rings. The van der Waals surface area contributed by atoms with Crippen LogP contribution in [-0.2, 0) is 0 Å². The third-order valence-corrected chi connectivity index (χ3v) is 1.34. The van der Waals surface area contributed by atoms with E-state index in [4.69, 9.17) is 0 Å². The molecule has 0 saturated heterocycles. The van der Waals surface area contributed by atoms with Crippen LogP contribution in [0, 0.1) is 5.41 Å². The monoisotopic (exact) mass is 141 g/mol. The molecule has 0 amide bonds. The fourth-order valence-corrected chi connectivity index (χ4v) is 0.529. The van der Waals surface area contributed by atoms with E-state index in [1.54, 1.807) is 0 Å². The topological polar surface area (TPSA) is 12.0 Å². The first-order valence-corrected chi connectivity index (χ1v) is 3.82. The van der Waals surface area contributed by atoms with Gasteiger partial charge < -0.3 is 5.32 Å². The average molecular weight is 141 g/mol. The standard InChI is InChI=1S/C9H19N/c1-8(10-5)6-7-9(2,3)4/h6-8,10H,1-5H3/b7-6+. The zero-order chi connectivity index (χ0) is 8.20. The van der Waals surface area contributed by atoms with Gasteiger partial charge in [-0.1, -0.05) is 32.9 Å². The maximum absolute atomic E-state index is 3.15. The summed E-state index contributed by atoms with van der Waals surface area (Å²) in [7, 11) is 1.97. The van der Waals surface area contributed by atoms with E-state index in [9.17, 15) is 0 Å². The van der Waals surface area contributed by atoms with Gasteiger partial charge in [0.1, 0.15) is 0 Å². The Labute approximate surface area is 64.5 Å². The van der Waals surface area contributed by atoms with Crippen molar-refractivity contribution in [2.75, 3.05) is 7.05 Å². The molecular formula is C9H19N. The molecule has 0 aliphatic carbocycles. The highest BCUT2D eigenvalue weighted by molar-refractivity contribution is 4.97. The van der Waals surface area contributed by atoms with Gasteiger partial charge in [0.2, 0.25) is 0 Å². The molecule has 0 saturated carbocycles. The minimum atomic E-state index is 0.311. The highest BCUT2D eigenvalue weighted by Crippen LogP contribution is 2.14. The van der Waals surface area contributed by atoms with E-state index in [2.05, 4.69) is 45.2 Å². The average Bonchev–Trinajstić information content (AvgIpc) is 1.81. The van der Waals surface area contributed by atoms with Crippen molar-refractivity contribution >= 4 is 0 Å². The Bertz CT molecular complexity index is 108. The lowest BCUT2D eigenvalue weighted by molar-refractivity contribution is 0.538. The molecule has 0 fully saturated rings. The number of rotatable bonds is 2. The first kappa shape index (κ1) is 9.70. The highest BCUT2D eigenvalue weighted by Gasteiger charge is 2.03. The van der Waals surface area contributed by atoms with Crippen LogP contribution in [0.15, 0.2) is 12.2 Å². The van der Waals surface area contributed by atoms with Gasteiger partial charge in [0.05, 0.1) is 0 Å². The second-order valence-corrected chi connectivity index (χ2v) is 3.80. The molecule has 1 N–H and O–H groups in total. The summed E-state index contributed by atoms with van der Waals surface area (Å²) in [6, 6.07) is 0.485. The quantitative estimate of drug-likeness (QED) is 0.581. The van der Waals surface area contributed by atoms with Crippen LogP contribution in [0.2, 0.25) is 0 Å². The van der Waals surface area contributed by atoms with Crippen molar-refractivity contribution in [3.63, 3.8) is 0 Å². The second kappa shape index (κ2) is 3.77.